The van der Waals surface area contributed by atoms with Gasteiger partial charge in [-0.15, -0.1) is 10.2 Å². The SMILES string of the molecule is CCOC(=O)c1c(C)oc2nc(CSc3nnc(Nc4cccc(C)c4)s3)nc(N)c12. The molecule has 0 aliphatic carbocycles. The van der Waals surface area contributed by atoms with Gasteiger partial charge in [0.15, 0.2) is 4.34 Å². The Hall–Kier alpha value is -3.18. The highest BCUT2D eigenvalue weighted by atomic mass is 32.2. The number of furan rings is 1. The van der Waals surface area contributed by atoms with Crippen LogP contribution in [0.15, 0.2) is 33.0 Å². The van der Waals surface area contributed by atoms with Crippen LogP contribution in [-0.4, -0.2) is 32.7 Å². The highest BCUT2D eigenvalue weighted by Gasteiger charge is 2.24. The Morgan fingerprint density at radius 3 is 2.90 bits per heavy atom. The van der Waals surface area contributed by atoms with E-state index in [0.29, 0.717) is 27.9 Å². The lowest BCUT2D eigenvalue weighted by Crippen LogP contribution is -2.07. The zero-order valence-electron chi connectivity index (χ0n) is 17.1. The normalized spacial score (nSPS) is 11.1. The number of nitrogens with zero attached hydrogens (tertiary/aromatic N) is 4. The maximum absolute atomic E-state index is 12.2. The average Bonchev–Trinajstić information content (AvgIpc) is 3.30. The van der Waals surface area contributed by atoms with Gasteiger partial charge < -0.3 is 20.2 Å². The second-order valence-electron chi connectivity index (χ2n) is 6.62. The number of ether oxygens (including phenoxy) is 1. The van der Waals surface area contributed by atoms with E-state index in [9.17, 15) is 4.79 Å². The van der Waals surface area contributed by atoms with E-state index in [2.05, 4.69) is 25.5 Å². The van der Waals surface area contributed by atoms with Gasteiger partial charge in [-0.3, -0.25) is 0 Å². The Labute approximate surface area is 186 Å². The quantitative estimate of drug-likeness (QED) is 0.303. The minimum Gasteiger partial charge on any atom is -0.462 e. The van der Waals surface area contributed by atoms with Crippen molar-refractivity contribution in [2.45, 2.75) is 30.9 Å². The van der Waals surface area contributed by atoms with Crippen molar-refractivity contribution in [3.63, 3.8) is 0 Å². The Morgan fingerprint density at radius 1 is 1.29 bits per heavy atom. The van der Waals surface area contributed by atoms with Gasteiger partial charge in [-0.25, -0.2) is 9.78 Å². The molecule has 0 aliphatic heterocycles. The van der Waals surface area contributed by atoms with Crippen molar-refractivity contribution < 1.29 is 13.9 Å². The fraction of sp³-hybridized carbons (Fsp3) is 0.250. The first-order valence-corrected chi connectivity index (χ1v) is 11.3. The van der Waals surface area contributed by atoms with E-state index in [1.54, 1.807) is 13.8 Å². The average molecular weight is 457 g/mol. The topological polar surface area (TPSA) is 129 Å². The molecular formula is C20H20N6O3S2. The molecule has 3 aromatic heterocycles. The molecule has 0 spiro atoms. The molecule has 0 amide bonds. The van der Waals surface area contributed by atoms with E-state index in [1.165, 1.54) is 23.1 Å². The van der Waals surface area contributed by atoms with Crippen molar-refractivity contribution in [1.29, 1.82) is 0 Å². The Kier molecular flexibility index (Phi) is 6.05. The summed E-state index contributed by atoms with van der Waals surface area (Å²) < 4.78 is 11.5. The third-order valence-corrected chi connectivity index (χ3v) is 6.25. The number of aromatic nitrogens is 4. The summed E-state index contributed by atoms with van der Waals surface area (Å²) in [6, 6.07) is 8.03. The van der Waals surface area contributed by atoms with Gasteiger partial charge in [-0.05, 0) is 38.5 Å². The summed E-state index contributed by atoms with van der Waals surface area (Å²) in [7, 11) is 0. The molecule has 3 N–H and O–H groups in total. The molecule has 0 fully saturated rings. The lowest BCUT2D eigenvalue weighted by atomic mass is 10.2. The summed E-state index contributed by atoms with van der Waals surface area (Å²) in [5.41, 5.74) is 8.77. The number of hydrogen-bond donors (Lipinski definition) is 2. The molecule has 31 heavy (non-hydrogen) atoms. The number of anilines is 3. The number of aryl methyl sites for hydroxylation is 2. The molecule has 0 bridgehead atoms. The van der Waals surface area contributed by atoms with Crippen molar-refractivity contribution in [3.8, 4) is 0 Å². The summed E-state index contributed by atoms with van der Waals surface area (Å²) in [5, 5.41) is 12.7. The first kappa shape index (κ1) is 21.1. The molecule has 4 aromatic rings. The molecule has 0 saturated carbocycles. The van der Waals surface area contributed by atoms with Gasteiger partial charge >= 0.3 is 5.97 Å². The maximum atomic E-state index is 12.2. The van der Waals surface area contributed by atoms with Crippen LogP contribution in [0.4, 0.5) is 16.6 Å². The van der Waals surface area contributed by atoms with E-state index < -0.39 is 5.97 Å². The summed E-state index contributed by atoms with van der Waals surface area (Å²) in [6.07, 6.45) is 0. The van der Waals surface area contributed by atoms with Gasteiger partial charge in [0.1, 0.15) is 23.0 Å². The van der Waals surface area contributed by atoms with Crippen molar-refractivity contribution in [1.82, 2.24) is 20.2 Å². The van der Waals surface area contributed by atoms with Crippen LogP contribution < -0.4 is 11.1 Å². The molecule has 0 saturated heterocycles. The summed E-state index contributed by atoms with van der Waals surface area (Å²) in [4.78, 5) is 21.0. The number of carbonyl (C=O) groups is 1. The summed E-state index contributed by atoms with van der Waals surface area (Å²) in [5.74, 6) is 0.976. The van der Waals surface area contributed by atoms with E-state index >= 15 is 0 Å². The standard InChI is InChI=1S/C20H20N6O3S2/c1-4-28-18(27)14-11(3)29-17-15(14)16(21)23-13(24-17)9-30-20-26-25-19(31-20)22-12-7-5-6-10(2)8-12/h5-8H,4,9H2,1-3H3,(H,22,25)(H2,21,23,24). The van der Waals surface area contributed by atoms with Gasteiger partial charge in [0.05, 0.1) is 17.7 Å². The fourth-order valence-electron chi connectivity index (χ4n) is 2.99. The predicted octanol–water partition coefficient (Wildman–Crippen LogP) is 4.49. The molecule has 3 heterocycles. The smallest absolute Gasteiger partial charge is 0.342 e. The van der Waals surface area contributed by atoms with Crippen LogP contribution in [0.1, 0.15) is 34.4 Å². The minimum atomic E-state index is -0.501. The first-order chi connectivity index (χ1) is 14.9. The maximum Gasteiger partial charge on any atom is 0.342 e. The van der Waals surface area contributed by atoms with Crippen LogP contribution in [0.5, 0.6) is 0 Å². The van der Waals surface area contributed by atoms with Gasteiger partial charge in [-0.1, -0.05) is 35.2 Å². The number of fused-ring (bicyclic) bond motifs is 1. The predicted molar refractivity (Wildman–Crippen MR) is 121 cm³/mol. The molecule has 0 unspecified atom stereocenters. The molecule has 160 valence electrons. The summed E-state index contributed by atoms with van der Waals surface area (Å²) in [6.45, 7) is 5.69. The number of nitrogen functional groups attached to an aromatic ring is 1. The highest BCUT2D eigenvalue weighted by Crippen LogP contribution is 2.32. The van der Waals surface area contributed by atoms with E-state index in [-0.39, 0.29) is 23.7 Å². The second-order valence-corrected chi connectivity index (χ2v) is 8.82. The number of thioether (sulfide) groups is 1. The number of carbonyl (C=O) groups excluding carboxylic acids is 1. The zero-order valence-corrected chi connectivity index (χ0v) is 18.8. The number of hydrogen-bond acceptors (Lipinski definition) is 11. The van der Waals surface area contributed by atoms with E-state index in [0.717, 1.165) is 15.6 Å². The van der Waals surface area contributed by atoms with E-state index in [1.807, 2.05) is 31.2 Å². The zero-order chi connectivity index (χ0) is 22.0. The third-order valence-electron chi connectivity index (χ3n) is 4.28. The molecule has 0 atom stereocenters. The molecule has 0 aliphatic rings. The van der Waals surface area contributed by atoms with Gasteiger partial charge in [0.2, 0.25) is 10.8 Å². The second kappa shape index (κ2) is 8.90. The first-order valence-electron chi connectivity index (χ1n) is 9.47. The highest BCUT2D eigenvalue weighted by molar-refractivity contribution is 8.00. The molecule has 11 heteroatoms. The van der Waals surface area contributed by atoms with Crippen molar-refractivity contribution >= 4 is 56.8 Å². The van der Waals surface area contributed by atoms with Crippen LogP contribution in [-0.2, 0) is 10.5 Å². The van der Waals surface area contributed by atoms with Crippen molar-refractivity contribution in [3.05, 3.63) is 47.0 Å². The van der Waals surface area contributed by atoms with Crippen LogP contribution in [0, 0.1) is 13.8 Å². The van der Waals surface area contributed by atoms with Crippen LogP contribution in [0.3, 0.4) is 0 Å². The van der Waals surface area contributed by atoms with Crippen LogP contribution >= 0.6 is 23.1 Å². The minimum absolute atomic E-state index is 0.180. The number of esters is 1. The largest absolute Gasteiger partial charge is 0.462 e. The Bertz CT molecular complexity index is 1250. The Morgan fingerprint density at radius 2 is 2.13 bits per heavy atom. The number of rotatable bonds is 7. The van der Waals surface area contributed by atoms with Crippen LogP contribution in [0.25, 0.3) is 11.1 Å². The molecule has 9 nitrogen and oxygen atoms in total. The van der Waals surface area contributed by atoms with Gasteiger partial charge in [0.25, 0.3) is 0 Å². The monoisotopic (exact) mass is 456 g/mol. The third kappa shape index (κ3) is 4.62. The number of nitrogens with one attached hydrogen (secondary N) is 1. The Balaban J connectivity index is 1.48. The molecule has 1 aromatic carbocycles. The fourth-order valence-corrected chi connectivity index (χ4v) is 4.62. The van der Waals surface area contributed by atoms with Gasteiger partial charge in [0, 0.05) is 5.69 Å². The lowest BCUT2D eigenvalue weighted by Gasteiger charge is -2.03. The molecule has 4 rings (SSSR count). The van der Waals surface area contributed by atoms with Crippen molar-refractivity contribution in [2.75, 3.05) is 17.7 Å². The number of nitrogens with two attached hydrogens (primary N) is 1. The van der Waals surface area contributed by atoms with Crippen LogP contribution in [0.2, 0.25) is 0 Å². The molecule has 0 radical (unpaired) electrons. The van der Waals surface area contributed by atoms with Crippen molar-refractivity contribution in [2.24, 2.45) is 0 Å². The molecular weight excluding hydrogens is 436 g/mol. The summed E-state index contributed by atoms with van der Waals surface area (Å²) >= 11 is 2.88. The number of benzene rings is 1. The van der Waals surface area contributed by atoms with E-state index in [4.69, 9.17) is 14.9 Å². The lowest BCUT2D eigenvalue weighted by molar-refractivity contribution is 0.0526. The van der Waals surface area contributed by atoms with Gasteiger partial charge in [-0.2, -0.15) is 4.98 Å².